The molecule has 0 bridgehead atoms. The Bertz CT molecular complexity index is 982. The second-order valence-electron chi connectivity index (χ2n) is 7.98. The summed E-state index contributed by atoms with van der Waals surface area (Å²) in [5.74, 6) is 2.72. The molecule has 0 amide bonds. The third-order valence-corrected chi connectivity index (χ3v) is 6.05. The smallest absolute Gasteiger partial charge is 0.227 e. The Kier molecular flexibility index (Phi) is 5.06. The molecule has 1 N–H and O–H groups in total. The minimum absolute atomic E-state index is 0.181. The zero-order valence-corrected chi connectivity index (χ0v) is 18.2. The molecule has 154 valence electrons. The minimum atomic E-state index is -0.377. The van der Waals surface area contributed by atoms with Gasteiger partial charge in [-0.1, -0.05) is 38.6 Å². The van der Waals surface area contributed by atoms with Crippen molar-refractivity contribution in [3.05, 3.63) is 35.5 Å². The van der Waals surface area contributed by atoms with Crippen molar-refractivity contribution in [1.82, 2.24) is 14.8 Å². The SMILES string of the molecule is CCSc1nc2n(n1)[C@@H](c1cc(OC)ccc1OC)[C@@H]1C(=O)CC(C)(C)C=C1N2. The Morgan fingerprint density at radius 3 is 2.79 bits per heavy atom. The van der Waals surface area contributed by atoms with E-state index in [0.29, 0.717) is 29.0 Å². The van der Waals surface area contributed by atoms with Crippen molar-refractivity contribution in [3.8, 4) is 11.5 Å². The summed E-state index contributed by atoms with van der Waals surface area (Å²) in [7, 11) is 3.26. The maximum Gasteiger partial charge on any atom is 0.227 e. The first kappa shape index (κ1) is 19.8. The third kappa shape index (κ3) is 3.50. The highest BCUT2D eigenvalue weighted by atomic mass is 32.2. The molecule has 2 atom stereocenters. The number of ether oxygens (including phenoxy) is 2. The van der Waals surface area contributed by atoms with Gasteiger partial charge in [-0.3, -0.25) is 4.79 Å². The Hall–Kier alpha value is -2.48. The fourth-order valence-corrected chi connectivity index (χ4v) is 4.73. The standard InChI is InChI=1S/C21H26N4O3S/c1-6-29-20-23-19-22-14-10-21(2,3)11-15(26)17(14)18(25(19)24-20)13-9-12(27-4)7-8-16(13)28-5/h7-10,17-18H,6,11H2,1-5H3,(H,22,23,24)/t17-,18-/m0/s1. The summed E-state index contributed by atoms with van der Waals surface area (Å²) in [5, 5.41) is 8.78. The van der Waals surface area contributed by atoms with Gasteiger partial charge in [-0.25, -0.2) is 4.68 Å². The first-order valence-corrected chi connectivity index (χ1v) is 10.7. The van der Waals surface area contributed by atoms with Gasteiger partial charge in [0.05, 0.1) is 26.2 Å². The molecule has 2 heterocycles. The molecular formula is C21H26N4O3S. The topological polar surface area (TPSA) is 78.3 Å². The van der Waals surface area contributed by atoms with Crippen LogP contribution in [0.2, 0.25) is 0 Å². The fraction of sp³-hybridized carbons (Fsp3) is 0.476. The van der Waals surface area contributed by atoms with Crippen molar-refractivity contribution in [1.29, 1.82) is 0 Å². The predicted octanol–water partition coefficient (Wildman–Crippen LogP) is 3.92. The average molecular weight is 415 g/mol. The van der Waals surface area contributed by atoms with Gasteiger partial charge in [-0.15, -0.1) is 5.10 Å². The van der Waals surface area contributed by atoms with E-state index in [0.717, 1.165) is 17.0 Å². The van der Waals surface area contributed by atoms with Gasteiger partial charge in [-0.05, 0) is 29.4 Å². The van der Waals surface area contributed by atoms with Crippen molar-refractivity contribution in [2.45, 2.75) is 38.4 Å². The van der Waals surface area contributed by atoms with Crippen molar-refractivity contribution in [3.63, 3.8) is 0 Å². The summed E-state index contributed by atoms with van der Waals surface area (Å²) in [4.78, 5) is 18.0. The van der Waals surface area contributed by atoms with Crippen LogP contribution in [0.25, 0.3) is 0 Å². The first-order valence-electron chi connectivity index (χ1n) is 9.70. The summed E-state index contributed by atoms with van der Waals surface area (Å²) in [5.41, 5.74) is 1.54. The van der Waals surface area contributed by atoms with E-state index >= 15 is 0 Å². The molecule has 4 rings (SSSR count). The van der Waals surface area contributed by atoms with E-state index in [4.69, 9.17) is 14.6 Å². The number of hydrogen-bond donors (Lipinski definition) is 1. The number of Topliss-reactive ketones (excluding diaryl/α,β-unsaturated/α-hetero) is 1. The summed E-state index contributed by atoms with van der Waals surface area (Å²) < 4.78 is 12.9. The summed E-state index contributed by atoms with van der Waals surface area (Å²) in [6, 6.07) is 5.30. The monoisotopic (exact) mass is 414 g/mol. The van der Waals surface area contributed by atoms with E-state index in [1.807, 2.05) is 22.9 Å². The van der Waals surface area contributed by atoms with Crippen LogP contribution in [0.1, 0.15) is 38.8 Å². The zero-order chi connectivity index (χ0) is 20.8. The highest BCUT2D eigenvalue weighted by molar-refractivity contribution is 7.99. The maximum absolute atomic E-state index is 13.3. The van der Waals surface area contributed by atoms with E-state index < -0.39 is 0 Å². The van der Waals surface area contributed by atoms with Crippen molar-refractivity contribution < 1.29 is 14.3 Å². The molecule has 0 saturated carbocycles. The number of nitrogens with zero attached hydrogens (tertiary/aromatic N) is 3. The van der Waals surface area contributed by atoms with E-state index in [2.05, 4.69) is 37.1 Å². The molecule has 2 aliphatic rings. The molecule has 1 aliphatic carbocycles. The molecule has 1 aliphatic heterocycles. The molecule has 8 heteroatoms. The average Bonchev–Trinajstić information content (AvgIpc) is 3.07. The number of nitrogens with one attached hydrogen (secondary N) is 1. The molecule has 0 fully saturated rings. The number of hydrogen-bond acceptors (Lipinski definition) is 7. The lowest BCUT2D eigenvalue weighted by atomic mass is 9.72. The van der Waals surface area contributed by atoms with E-state index in [9.17, 15) is 4.79 Å². The molecule has 1 aromatic carbocycles. The van der Waals surface area contributed by atoms with Gasteiger partial charge in [0.1, 0.15) is 17.3 Å². The largest absolute Gasteiger partial charge is 0.497 e. The molecule has 0 unspecified atom stereocenters. The van der Waals surface area contributed by atoms with Crippen molar-refractivity contribution >= 4 is 23.5 Å². The number of ketones is 1. The number of methoxy groups -OCH3 is 2. The van der Waals surface area contributed by atoms with Gasteiger partial charge in [0.2, 0.25) is 11.1 Å². The van der Waals surface area contributed by atoms with Gasteiger partial charge < -0.3 is 14.8 Å². The van der Waals surface area contributed by atoms with Crippen LogP contribution in [0.3, 0.4) is 0 Å². The van der Waals surface area contributed by atoms with Crippen LogP contribution >= 0.6 is 11.8 Å². The lowest BCUT2D eigenvalue weighted by Crippen LogP contribution is -2.42. The number of allylic oxidation sites excluding steroid dienone is 2. The summed E-state index contributed by atoms with van der Waals surface area (Å²) in [6.45, 7) is 6.22. The quantitative estimate of drug-likeness (QED) is 0.743. The summed E-state index contributed by atoms with van der Waals surface area (Å²) >= 11 is 1.57. The second-order valence-corrected chi connectivity index (χ2v) is 9.21. The van der Waals surface area contributed by atoms with Crippen LogP contribution in [-0.2, 0) is 4.79 Å². The third-order valence-electron chi connectivity index (χ3n) is 5.33. The molecular weight excluding hydrogens is 388 g/mol. The number of benzene rings is 1. The lowest BCUT2D eigenvalue weighted by molar-refractivity contribution is -0.125. The van der Waals surface area contributed by atoms with E-state index in [1.165, 1.54) is 0 Å². The maximum atomic E-state index is 13.3. The van der Waals surface area contributed by atoms with Gasteiger partial charge in [0.25, 0.3) is 0 Å². The van der Waals surface area contributed by atoms with E-state index in [1.54, 1.807) is 26.0 Å². The van der Waals surface area contributed by atoms with Crippen LogP contribution in [0.5, 0.6) is 11.5 Å². The molecule has 7 nitrogen and oxygen atoms in total. The lowest BCUT2D eigenvalue weighted by Gasteiger charge is -2.40. The van der Waals surface area contributed by atoms with Crippen LogP contribution < -0.4 is 14.8 Å². The van der Waals surface area contributed by atoms with Crippen LogP contribution in [0, 0.1) is 11.3 Å². The van der Waals surface area contributed by atoms with Crippen LogP contribution in [-0.4, -0.2) is 40.5 Å². The fourth-order valence-electron chi connectivity index (χ4n) is 4.18. The van der Waals surface area contributed by atoms with Crippen molar-refractivity contribution in [2.24, 2.45) is 11.3 Å². The minimum Gasteiger partial charge on any atom is -0.497 e. The Morgan fingerprint density at radius 1 is 1.31 bits per heavy atom. The number of carbonyl (C=O) groups is 1. The van der Waals surface area contributed by atoms with Crippen LogP contribution in [0.4, 0.5) is 5.95 Å². The molecule has 29 heavy (non-hydrogen) atoms. The number of thioether (sulfide) groups is 1. The Labute approximate surface area is 174 Å². The Morgan fingerprint density at radius 2 is 2.10 bits per heavy atom. The van der Waals surface area contributed by atoms with Gasteiger partial charge in [-0.2, -0.15) is 4.98 Å². The first-order chi connectivity index (χ1) is 13.9. The van der Waals surface area contributed by atoms with Gasteiger partial charge >= 0.3 is 0 Å². The molecule has 0 saturated heterocycles. The number of rotatable bonds is 5. The Balaban J connectivity index is 1.94. The van der Waals surface area contributed by atoms with Gasteiger partial charge in [0.15, 0.2) is 0 Å². The van der Waals surface area contributed by atoms with Crippen molar-refractivity contribution in [2.75, 3.05) is 25.3 Å². The zero-order valence-electron chi connectivity index (χ0n) is 17.4. The predicted molar refractivity (Wildman–Crippen MR) is 113 cm³/mol. The molecule has 2 aromatic rings. The van der Waals surface area contributed by atoms with Gasteiger partial charge in [0, 0.05) is 17.7 Å². The highest BCUT2D eigenvalue weighted by Gasteiger charge is 2.46. The summed E-state index contributed by atoms with van der Waals surface area (Å²) in [6.07, 6.45) is 2.63. The number of anilines is 1. The number of carbonyl (C=O) groups excluding carboxylic acids is 1. The molecule has 0 spiro atoms. The second kappa shape index (κ2) is 7.40. The highest BCUT2D eigenvalue weighted by Crippen LogP contribution is 2.47. The normalized spacial score (nSPS) is 22.2. The van der Waals surface area contributed by atoms with Crippen LogP contribution in [0.15, 0.2) is 35.1 Å². The number of aromatic nitrogens is 3. The number of fused-ring (bicyclic) bond motifs is 2. The molecule has 0 radical (unpaired) electrons. The van der Waals surface area contributed by atoms with E-state index in [-0.39, 0.29) is 23.2 Å². The molecule has 1 aromatic heterocycles.